The van der Waals surface area contributed by atoms with Gasteiger partial charge in [0.2, 0.25) is 0 Å². The second-order valence-corrected chi connectivity index (χ2v) is 3.45. The zero-order valence-corrected chi connectivity index (χ0v) is 7.79. The van der Waals surface area contributed by atoms with Crippen LogP contribution in [0.5, 0.6) is 0 Å². The van der Waals surface area contributed by atoms with Crippen molar-refractivity contribution in [2.75, 3.05) is 6.54 Å². The Balaban J connectivity index is 2.30. The molecule has 2 nitrogen and oxygen atoms in total. The Kier molecular flexibility index (Phi) is 2.15. The lowest BCUT2D eigenvalue weighted by Gasteiger charge is -2.09. The first-order valence-electron chi connectivity index (χ1n) is 4.63. The van der Waals surface area contributed by atoms with Gasteiger partial charge in [0, 0.05) is 18.7 Å². The molecule has 0 spiro atoms. The molecule has 0 N–H and O–H groups in total. The van der Waals surface area contributed by atoms with Crippen LogP contribution in [0.15, 0.2) is 18.2 Å². The summed E-state index contributed by atoms with van der Waals surface area (Å²) in [6.45, 7) is 5.26. The second-order valence-electron chi connectivity index (χ2n) is 3.45. The molecule has 0 fully saturated rings. The first kappa shape index (κ1) is 8.45. The molecule has 68 valence electrons. The van der Waals surface area contributed by atoms with Crippen LogP contribution in [0.4, 0.5) is 0 Å². The lowest BCUT2D eigenvalue weighted by molar-refractivity contribution is 0.112. The largest absolute Gasteiger partial charge is 0.298 e. The first-order valence-corrected chi connectivity index (χ1v) is 4.63. The van der Waals surface area contributed by atoms with Gasteiger partial charge in [0.25, 0.3) is 0 Å². The fourth-order valence-corrected chi connectivity index (χ4v) is 1.78. The van der Waals surface area contributed by atoms with Gasteiger partial charge in [0.05, 0.1) is 0 Å². The summed E-state index contributed by atoms with van der Waals surface area (Å²) in [6, 6.07) is 5.96. The minimum absolute atomic E-state index is 0.789. The van der Waals surface area contributed by atoms with E-state index >= 15 is 0 Å². The van der Waals surface area contributed by atoms with Gasteiger partial charge in [-0.3, -0.25) is 9.69 Å². The zero-order valence-electron chi connectivity index (χ0n) is 7.79. The summed E-state index contributed by atoms with van der Waals surface area (Å²) in [5.74, 6) is 0. The predicted octanol–water partition coefficient (Wildman–Crippen LogP) is 1.83. The molecule has 0 saturated heterocycles. The van der Waals surface area contributed by atoms with Crippen molar-refractivity contribution in [1.29, 1.82) is 0 Å². The molecule has 0 unspecified atom stereocenters. The Morgan fingerprint density at radius 3 is 2.85 bits per heavy atom. The van der Waals surface area contributed by atoms with E-state index in [1.807, 2.05) is 12.1 Å². The Labute approximate surface area is 78.2 Å². The average molecular weight is 175 g/mol. The number of nitrogens with zero attached hydrogens (tertiary/aromatic N) is 1. The Hall–Kier alpha value is -1.15. The molecule has 1 aliphatic heterocycles. The molecule has 0 atom stereocenters. The molecule has 0 aromatic heterocycles. The van der Waals surface area contributed by atoms with Crippen LogP contribution in [0, 0.1) is 0 Å². The molecule has 1 aromatic rings. The SMILES string of the molecule is CCN1Cc2ccc(C=O)cc2C1. The summed E-state index contributed by atoms with van der Waals surface area (Å²) in [5.41, 5.74) is 3.47. The highest BCUT2D eigenvalue weighted by Gasteiger charge is 2.16. The van der Waals surface area contributed by atoms with Gasteiger partial charge in [0.15, 0.2) is 0 Å². The van der Waals surface area contributed by atoms with Gasteiger partial charge in [0.1, 0.15) is 6.29 Å². The van der Waals surface area contributed by atoms with Gasteiger partial charge in [-0.05, 0) is 23.7 Å². The van der Waals surface area contributed by atoms with Crippen LogP contribution < -0.4 is 0 Å². The molecule has 0 radical (unpaired) electrons. The van der Waals surface area contributed by atoms with Crippen LogP contribution in [0.1, 0.15) is 28.4 Å². The van der Waals surface area contributed by atoms with Crippen LogP contribution in [-0.4, -0.2) is 17.7 Å². The van der Waals surface area contributed by atoms with Gasteiger partial charge in [-0.1, -0.05) is 19.1 Å². The van der Waals surface area contributed by atoms with E-state index in [1.54, 1.807) is 0 Å². The number of carbonyl (C=O) groups excluding carboxylic acids is 1. The topological polar surface area (TPSA) is 20.3 Å². The van der Waals surface area contributed by atoms with E-state index in [4.69, 9.17) is 0 Å². The van der Waals surface area contributed by atoms with E-state index in [-0.39, 0.29) is 0 Å². The summed E-state index contributed by atoms with van der Waals surface area (Å²) in [4.78, 5) is 12.9. The van der Waals surface area contributed by atoms with Gasteiger partial charge in [-0.25, -0.2) is 0 Å². The van der Waals surface area contributed by atoms with Crippen LogP contribution in [0.3, 0.4) is 0 Å². The third kappa shape index (κ3) is 1.49. The van der Waals surface area contributed by atoms with Crippen molar-refractivity contribution in [3.8, 4) is 0 Å². The first-order chi connectivity index (χ1) is 6.33. The Morgan fingerprint density at radius 2 is 2.15 bits per heavy atom. The van der Waals surface area contributed by atoms with Gasteiger partial charge < -0.3 is 0 Å². The monoisotopic (exact) mass is 175 g/mol. The molecule has 1 aliphatic rings. The predicted molar refractivity (Wildman–Crippen MR) is 51.6 cm³/mol. The van der Waals surface area contributed by atoms with Crippen LogP contribution in [0.25, 0.3) is 0 Å². The highest BCUT2D eigenvalue weighted by molar-refractivity contribution is 5.75. The van der Waals surface area contributed by atoms with Crippen molar-refractivity contribution >= 4 is 6.29 Å². The van der Waals surface area contributed by atoms with Crippen molar-refractivity contribution < 1.29 is 4.79 Å². The van der Waals surface area contributed by atoms with E-state index in [2.05, 4.69) is 17.9 Å². The number of carbonyl (C=O) groups is 1. The fourth-order valence-electron chi connectivity index (χ4n) is 1.78. The molecule has 2 heteroatoms. The third-order valence-corrected chi connectivity index (χ3v) is 2.60. The van der Waals surface area contributed by atoms with E-state index in [0.717, 1.165) is 31.5 Å². The number of hydrogen-bond donors (Lipinski definition) is 0. The molecule has 0 bridgehead atoms. The molecule has 13 heavy (non-hydrogen) atoms. The van der Waals surface area contributed by atoms with Crippen LogP contribution in [-0.2, 0) is 13.1 Å². The highest BCUT2D eigenvalue weighted by Crippen LogP contribution is 2.22. The smallest absolute Gasteiger partial charge is 0.150 e. The second kappa shape index (κ2) is 3.30. The third-order valence-electron chi connectivity index (χ3n) is 2.60. The lowest BCUT2D eigenvalue weighted by Crippen LogP contribution is -2.14. The minimum atomic E-state index is 0.789. The number of rotatable bonds is 2. The lowest BCUT2D eigenvalue weighted by atomic mass is 10.1. The number of aldehydes is 1. The highest BCUT2D eigenvalue weighted by atomic mass is 16.1. The van der Waals surface area contributed by atoms with Gasteiger partial charge in [-0.15, -0.1) is 0 Å². The van der Waals surface area contributed by atoms with Crippen molar-refractivity contribution in [3.63, 3.8) is 0 Å². The summed E-state index contributed by atoms with van der Waals surface area (Å²) < 4.78 is 0. The Morgan fingerprint density at radius 1 is 1.38 bits per heavy atom. The fraction of sp³-hybridized carbons (Fsp3) is 0.364. The summed E-state index contributed by atoms with van der Waals surface area (Å²) >= 11 is 0. The summed E-state index contributed by atoms with van der Waals surface area (Å²) in [7, 11) is 0. The van der Waals surface area contributed by atoms with Crippen LogP contribution in [0.2, 0.25) is 0 Å². The van der Waals surface area contributed by atoms with E-state index in [0.29, 0.717) is 0 Å². The molecular formula is C11H13NO. The maximum atomic E-state index is 10.5. The van der Waals surface area contributed by atoms with Crippen molar-refractivity contribution in [1.82, 2.24) is 4.90 Å². The maximum absolute atomic E-state index is 10.5. The van der Waals surface area contributed by atoms with E-state index in [9.17, 15) is 4.79 Å². The summed E-state index contributed by atoms with van der Waals surface area (Å²) in [6.07, 6.45) is 0.912. The number of hydrogen-bond acceptors (Lipinski definition) is 2. The molecule has 0 amide bonds. The maximum Gasteiger partial charge on any atom is 0.150 e. The number of fused-ring (bicyclic) bond motifs is 1. The normalized spacial score (nSPS) is 15.8. The Bertz CT molecular complexity index is 333. The molecular weight excluding hydrogens is 162 g/mol. The van der Waals surface area contributed by atoms with Crippen LogP contribution >= 0.6 is 0 Å². The minimum Gasteiger partial charge on any atom is -0.298 e. The molecule has 0 saturated carbocycles. The molecule has 1 aromatic carbocycles. The molecule has 2 rings (SSSR count). The average Bonchev–Trinajstić information content (AvgIpc) is 2.58. The zero-order chi connectivity index (χ0) is 9.26. The van der Waals surface area contributed by atoms with E-state index < -0.39 is 0 Å². The van der Waals surface area contributed by atoms with Crippen molar-refractivity contribution in [3.05, 3.63) is 34.9 Å². The molecule has 1 heterocycles. The molecule has 0 aliphatic carbocycles. The summed E-state index contributed by atoms with van der Waals surface area (Å²) in [5, 5.41) is 0. The van der Waals surface area contributed by atoms with E-state index in [1.165, 1.54) is 11.1 Å². The van der Waals surface area contributed by atoms with Gasteiger partial charge in [-0.2, -0.15) is 0 Å². The number of benzene rings is 1. The standard InChI is InChI=1S/C11H13NO/c1-2-12-6-10-4-3-9(8-13)5-11(10)7-12/h3-5,8H,2,6-7H2,1H3. The van der Waals surface area contributed by atoms with Gasteiger partial charge >= 0.3 is 0 Å². The van der Waals surface area contributed by atoms with Crippen molar-refractivity contribution in [2.45, 2.75) is 20.0 Å². The van der Waals surface area contributed by atoms with Crippen molar-refractivity contribution in [2.24, 2.45) is 0 Å². The quantitative estimate of drug-likeness (QED) is 0.639.